The standard InChI is InChI=1S/C65H96O6/c1-4-7-10-13-16-19-22-25-28-31-33-35-37-40-43-46-49-52-55-58-64(67)70-61-62(60-69-63(66)57-54-51-48-45-42-39-36-30-27-24-21-18-15-12-9-6-3)71-65(68)59-56-53-50-47-44-41-38-34-32-29-26-23-20-17-14-11-8-5-2/h7,9-10,12-13,16,18-19,21-23,25-35,37-40,42-43,48,51,62H,4-6,8,11,14-15,17,20,24,36,41,44-47,49-50,52-61H2,1-3H3/b10-7-,12-9-,16-13-,21-18-,22-19-,26-23-,28-25-,30-27-,32-29-,33-31+,37-35-,38-34-,42-39-,43-40-,51-48-. The molecule has 0 aromatic heterocycles. The van der Waals surface area contributed by atoms with E-state index in [9.17, 15) is 14.4 Å². The third kappa shape index (κ3) is 55.3. The average molecular weight is 973 g/mol. The van der Waals surface area contributed by atoms with E-state index in [2.05, 4.69) is 118 Å². The number of esters is 3. The highest BCUT2D eigenvalue weighted by Gasteiger charge is 2.19. The summed E-state index contributed by atoms with van der Waals surface area (Å²) in [5.41, 5.74) is 0. The van der Waals surface area contributed by atoms with Crippen molar-refractivity contribution in [2.45, 2.75) is 194 Å². The molecule has 0 fully saturated rings. The van der Waals surface area contributed by atoms with Crippen LogP contribution in [-0.4, -0.2) is 37.2 Å². The van der Waals surface area contributed by atoms with Crippen molar-refractivity contribution in [1.82, 2.24) is 0 Å². The average Bonchev–Trinajstić information content (AvgIpc) is 3.37. The lowest BCUT2D eigenvalue weighted by Gasteiger charge is -2.18. The van der Waals surface area contributed by atoms with E-state index in [1.807, 2.05) is 85.1 Å². The van der Waals surface area contributed by atoms with E-state index in [4.69, 9.17) is 14.2 Å². The summed E-state index contributed by atoms with van der Waals surface area (Å²) in [6.07, 6.45) is 85.9. The van der Waals surface area contributed by atoms with Crippen molar-refractivity contribution >= 4 is 17.9 Å². The number of carbonyl (C=O) groups excluding carboxylic acids is 3. The zero-order valence-corrected chi connectivity index (χ0v) is 44.6. The van der Waals surface area contributed by atoms with Crippen LogP contribution in [0.4, 0.5) is 0 Å². The molecule has 0 saturated heterocycles. The zero-order chi connectivity index (χ0) is 51.4. The molecule has 6 nitrogen and oxygen atoms in total. The maximum atomic E-state index is 12.8. The van der Waals surface area contributed by atoms with Crippen LogP contribution in [0.5, 0.6) is 0 Å². The van der Waals surface area contributed by atoms with Crippen molar-refractivity contribution in [1.29, 1.82) is 0 Å². The largest absolute Gasteiger partial charge is 0.462 e. The molecule has 392 valence electrons. The van der Waals surface area contributed by atoms with Gasteiger partial charge in [-0.2, -0.15) is 0 Å². The van der Waals surface area contributed by atoms with Gasteiger partial charge in [-0.15, -0.1) is 0 Å². The summed E-state index contributed by atoms with van der Waals surface area (Å²) >= 11 is 0. The Morgan fingerprint density at radius 2 is 0.648 bits per heavy atom. The van der Waals surface area contributed by atoms with Gasteiger partial charge in [0.15, 0.2) is 6.10 Å². The van der Waals surface area contributed by atoms with Crippen LogP contribution in [0.1, 0.15) is 188 Å². The highest BCUT2D eigenvalue weighted by molar-refractivity contribution is 5.71. The van der Waals surface area contributed by atoms with Crippen LogP contribution < -0.4 is 0 Å². The van der Waals surface area contributed by atoms with Crippen molar-refractivity contribution in [2.75, 3.05) is 13.2 Å². The summed E-state index contributed by atoms with van der Waals surface area (Å²) in [6, 6.07) is 0. The van der Waals surface area contributed by atoms with Gasteiger partial charge in [-0.1, -0.05) is 254 Å². The fourth-order valence-corrected chi connectivity index (χ4v) is 6.59. The zero-order valence-electron chi connectivity index (χ0n) is 44.6. The Balaban J connectivity index is 4.68. The lowest BCUT2D eigenvalue weighted by molar-refractivity contribution is -0.166. The normalized spacial score (nSPS) is 13.6. The van der Waals surface area contributed by atoms with E-state index in [0.717, 1.165) is 103 Å². The first-order valence-corrected chi connectivity index (χ1v) is 27.4. The third-order valence-electron chi connectivity index (χ3n) is 10.6. The Morgan fingerprint density at radius 1 is 0.310 bits per heavy atom. The molecule has 71 heavy (non-hydrogen) atoms. The molecule has 0 rings (SSSR count). The molecule has 0 aromatic rings. The second-order valence-corrected chi connectivity index (χ2v) is 17.3. The second-order valence-electron chi connectivity index (χ2n) is 17.3. The smallest absolute Gasteiger partial charge is 0.306 e. The quantitative estimate of drug-likeness (QED) is 0.0199. The number of hydrogen-bond donors (Lipinski definition) is 0. The van der Waals surface area contributed by atoms with Crippen molar-refractivity contribution < 1.29 is 28.6 Å². The topological polar surface area (TPSA) is 78.9 Å². The van der Waals surface area contributed by atoms with Crippen LogP contribution in [0.3, 0.4) is 0 Å². The molecular formula is C65H96O6. The van der Waals surface area contributed by atoms with E-state index >= 15 is 0 Å². The molecule has 6 heteroatoms. The van der Waals surface area contributed by atoms with E-state index < -0.39 is 6.10 Å². The Kier molecular flexibility index (Phi) is 52.7. The molecule has 0 aliphatic heterocycles. The Labute approximate surface area is 434 Å². The van der Waals surface area contributed by atoms with Crippen molar-refractivity contribution in [3.05, 3.63) is 182 Å². The fraction of sp³-hybridized carbons (Fsp3) is 0.492. The summed E-state index contributed by atoms with van der Waals surface area (Å²) in [6.45, 7) is 6.21. The van der Waals surface area contributed by atoms with Crippen LogP contribution in [0.2, 0.25) is 0 Å². The number of hydrogen-bond acceptors (Lipinski definition) is 6. The SMILES string of the molecule is CC\C=C/C=C\C=C/C=C\C=C\C=C/C=C\CCCCCC(=O)OCC(COC(=O)CC/C=C\C/C=C\C/C=C\C/C=C\C/C=C\CC)OC(=O)CCCCCCC\C=C/C=C\C=C/CCCCCCC. The first-order chi connectivity index (χ1) is 35.0. The fourth-order valence-electron chi connectivity index (χ4n) is 6.59. The van der Waals surface area contributed by atoms with Crippen LogP contribution in [-0.2, 0) is 28.6 Å². The molecule has 0 spiro atoms. The third-order valence-corrected chi connectivity index (χ3v) is 10.6. The summed E-state index contributed by atoms with van der Waals surface area (Å²) in [7, 11) is 0. The molecule has 0 saturated carbocycles. The summed E-state index contributed by atoms with van der Waals surface area (Å²) < 4.78 is 16.7. The van der Waals surface area contributed by atoms with Gasteiger partial charge in [-0.25, -0.2) is 0 Å². The van der Waals surface area contributed by atoms with E-state index in [1.165, 1.54) is 32.1 Å². The number of carbonyl (C=O) groups is 3. The molecule has 1 atom stereocenters. The van der Waals surface area contributed by atoms with Gasteiger partial charge in [0, 0.05) is 19.3 Å². The predicted molar refractivity (Wildman–Crippen MR) is 306 cm³/mol. The number of ether oxygens (including phenoxy) is 3. The molecule has 0 amide bonds. The Hall–Kier alpha value is -5.49. The summed E-state index contributed by atoms with van der Waals surface area (Å²) in [5.74, 6) is -1.10. The van der Waals surface area contributed by atoms with Gasteiger partial charge in [-0.3, -0.25) is 14.4 Å². The van der Waals surface area contributed by atoms with Crippen LogP contribution in [0, 0.1) is 0 Å². The van der Waals surface area contributed by atoms with Gasteiger partial charge in [0.05, 0.1) is 0 Å². The number of rotatable bonds is 46. The summed E-state index contributed by atoms with van der Waals surface area (Å²) in [4.78, 5) is 38.1. The maximum absolute atomic E-state index is 12.8. The van der Waals surface area contributed by atoms with Crippen LogP contribution in [0.25, 0.3) is 0 Å². The van der Waals surface area contributed by atoms with Crippen molar-refractivity contribution in [3.63, 3.8) is 0 Å². The molecule has 0 bridgehead atoms. The van der Waals surface area contributed by atoms with Crippen LogP contribution >= 0.6 is 0 Å². The van der Waals surface area contributed by atoms with E-state index in [0.29, 0.717) is 12.8 Å². The second kappa shape index (κ2) is 57.1. The molecule has 0 aliphatic carbocycles. The van der Waals surface area contributed by atoms with Gasteiger partial charge < -0.3 is 14.2 Å². The van der Waals surface area contributed by atoms with Crippen molar-refractivity contribution in [2.24, 2.45) is 0 Å². The lowest BCUT2D eigenvalue weighted by atomic mass is 10.1. The summed E-state index contributed by atoms with van der Waals surface area (Å²) in [5, 5.41) is 0. The molecular weight excluding hydrogens is 877 g/mol. The minimum atomic E-state index is -0.850. The molecule has 0 aromatic carbocycles. The Bertz CT molecular complexity index is 1730. The molecule has 1 unspecified atom stereocenters. The number of allylic oxidation sites excluding steroid dienone is 30. The van der Waals surface area contributed by atoms with Gasteiger partial charge in [0.2, 0.25) is 0 Å². The van der Waals surface area contributed by atoms with E-state index in [-0.39, 0.29) is 50.4 Å². The van der Waals surface area contributed by atoms with E-state index in [1.54, 1.807) is 0 Å². The first-order valence-electron chi connectivity index (χ1n) is 27.4. The highest BCUT2D eigenvalue weighted by atomic mass is 16.6. The van der Waals surface area contributed by atoms with Gasteiger partial charge in [0.25, 0.3) is 0 Å². The molecule has 0 radical (unpaired) electrons. The maximum Gasteiger partial charge on any atom is 0.306 e. The van der Waals surface area contributed by atoms with Crippen LogP contribution in [0.15, 0.2) is 182 Å². The molecule has 0 aliphatic rings. The molecule has 0 heterocycles. The predicted octanol–water partition coefficient (Wildman–Crippen LogP) is 18.5. The first kappa shape index (κ1) is 65.5. The Morgan fingerprint density at radius 3 is 1.10 bits per heavy atom. The molecule has 0 N–H and O–H groups in total. The highest BCUT2D eigenvalue weighted by Crippen LogP contribution is 2.11. The minimum absolute atomic E-state index is 0.144. The van der Waals surface area contributed by atoms with Gasteiger partial charge in [0.1, 0.15) is 13.2 Å². The monoisotopic (exact) mass is 973 g/mol. The van der Waals surface area contributed by atoms with Gasteiger partial charge >= 0.3 is 17.9 Å². The van der Waals surface area contributed by atoms with Gasteiger partial charge in [-0.05, 0) is 96.3 Å². The van der Waals surface area contributed by atoms with Crippen molar-refractivity contribution in [3.8, 4) is 0 Å². The minimum Gasteiger partial charge on any atom is -0.462 e. The lowest BCUT2D eigenvalue weighted by Crippen LogP contribution is -2.30. The number of unbranched alkanes of at least 4 members (excludes halogenated alkanes) is 13.